The van der Waals surface area contributed by atoms with Crippen LogP contribution in [0.3, 0.4) is 0 Å². The maximum atomic E-state index is 12.9. The Morgan fingerprint density at radius 1 is 1.23 bits per heavy atom. The molecule has 0 aliphatic rings. The number of rotatable bonds is 2. The van der Waals surface area contributed by atoms with Crippen molar-refractivity contribution in [1.29, 1.82) is 0 Å². The van der Waals surface area contributed by atoms with Gasteiger partial charge in [-0.15, -0.1) is 0 Å². The number of benzene rings is 1. The molecule has 13 heavy (non-hydrogen) atoms. The van der Waals surface area contributed by atoms with Gasteiger partial charge in [-0.05, 0) is 12.1 Å². The molecule has 1 rings (SSSR count). The van der Waals surface area contributed by atoms with Crippen LogP contribution >= 0.6 is 0 Å². The van der Waals surface area contributed by atoms with E-state index >= 15 is 0 Å². The Morgan fingerprint density at radius 3 is 2.38 bits per heavy atom. The van der Waals surface area contributed by atoms with E-state index in [1.807, 2.05) is 0 Å². The smallest absolute Gasteiger partial charge is 0.204 e. The minimum absolute atomic E-state index is 0.548. The summed E-state index contributed by atoms with van der Waals surface area (Å²) in [5.74, 6) is -6.01. The molecule has 72 valence electrons. The number of hydrogen-bond donors (Lipinski definition) is 0. The van der Waals surface area contributed by atoms with Crippen LogP contribution < -0.4 is 0 Å². The van der Waals surface area contributed by atoms with Crippen LogP contribution in [0, 0.1) is 11.6 Å². The monoisotopic (exact) mass is 192 g/mol. The Hall–Kier alpha value is -1.06. The van der Waals surface area contributed by atoms with Crippen molar-refractivity contribution in [1.82, 2.24) is 0 Å². The van der Waals surface area contributed by atoms with Gasteiger partial charge in [-0.1, -0.05) is 13.0 Å². The van der Waals surface area contributed by atoms with E-state index in [-0.39, 0.29) is 0 Å². The summed E-state index contributed by atoms with van der Waals surface area (Å²) in [6.07, 6.45) is -0.548. The molecule has 0 amide bonds. The highest BCUT2D eigenvalue weighted by molar-refractivity contribution is 5.23. The zero-order valence-electron chi connectivity index (χ0n) is 6.95. The molecular formula is C9H8F4. The quantitative estimate of drug-likeness (QED) is 0.629. The third-order valence-corrected chi connectivity index (χ3v) is 1.79. The van der Waals surface area contributed by atoms with Crippen molar-refractivity contribution in [3.63, 3.8) is 0 Å². The van der Waals surface area contributed by atoms with Gasteiger partial charge in [-0.2, -0.15) is 0 Å². The van der Waals surface area contributed by atoms with Crippen LogP contribution in [0.25, 0.3) is 0 Å². The van der Waals surface area contributed by atoms with Crippen LogP contribution in [0.5, 0.6) is 0 Å². The van der Waals surface area contributed by atoms with Gasteiger partial charge in [0.25, 0.3) is 5.92 Å². The van der Waals surface area contributed by atoms with E-state index in [9.17, 15) is 17.6 Å². The van der Waals surface area contributed by atoms with E-state index in [0.717, 1.165) is 18.2 Å². The van der Waals surface area contributed by atoms with E-state index in [1.54, 1.807) is 0 Å². The van der Waals surface area contributed by atoms with Gasteiger partial charge in [0.05, 0.1) is 5.56 Å². The van der Waals surface area contributed by atoms with Crippen molar-refractivity contribution in [3.05, 3.63) is 35.4 Å². The molecule has 1 aromatic rings. The molecule has 0 bridgehead atoms. The second-order valence-corrected chi connectivity index (χ2v) is 2.66. The first-order valence-electron chi connectivity index (χ1n) is 3.81. The molecule has 1 aromatic carbocycles. The van der Waals surface area contributed by atoms with Gasteiger partial charge in [0, 0.05) is 6.42 Å². The molecule has 0 radical (unpaired) electrons. The Bertz CT molecular complexity index is 306. The second-order valence-electron chi connectivity index (χ2n) is 2.66. The van der Waals surface area contributed by atoms with Gasteiger partial charge < -0.3 is 0 Å². The molecule has 4 heteroatoms. The van der Waals surface area contributed by atoms with Crippen molar-refractivity contribution in [3.8, 4) is 0 Å². The van der Waals surface area contributed by atoms with E-state index in [2.05, 4.69) is 0 Å². The van der Waals surface area contributed by atoms with Gasteiger partial charge in [0.2, 0.25) is 0 Å². The van der Waals surface area contributed by atoms with Crippen molar-refractivity contribution in [2.24, 2.45) is 0 Å². The maximum absolute atomic E-state index is 12.9. The van der Waals surface area contributed by atoms with Crippen LogP contribution in [0.1, 0.15) is 18.9 Å². The highest BCUT2D eigenvalue weighted by Gasteiger charge is 2.33. The minimum Gasteiger partial charge on any atom is -0.204 e. The summed E-state index contributed by atoms with van der Waals surface area (Å²) in [7, 11) is 0. The molecule has 0 N–H and O–H groups in total. The summed E-state index contributed by atoms with van der Waals surface area (Å²) in [5.41, 5.74) is -0.880. The van der Waals surface area contributed by atoms with Gasteiger partial charge >= 0.3 is 0 Å². The molecule has 0 saturated heterocycles. The zero-order valence-corrected chi connectivity index (χ0v) is 6.95. The van der Waals surface area contributed by atoms with Crippen molar-refractivity contribution < 1.29 is 17.6 Å². The van der Waals surface area contributed by atoms with Crippen LogP contribution in [0.2, 0.25) is 0 Å². The van der Waals surface area contributed by atoms with Crippen LogP contribution in [0.15, 0.2) is 18.2 Å². The van der Waals surface area contributed by atoms with Crippen LogP contribution in [0.4, 0.5) is 17.6 Å². The third kappa shape index (κ3) is 1.82. The molecule has 0 aliphatic carbocycles. The molecule has 0 aliphatic heterocycles. The van der Waals surface area contributed by atoms with Gasteiger partial charge in [0.1, 0.15) is 0 Å². The largest absolute Gasteiger partial charge is 0.275 e. The van der Waals surface area contributed by atoms with Crippen molar-refractivity contribution >= 4 is 0 Å². The molecule has 0 unspecified atom stereocenters. The summed E-state index contributed by atoms with van der Waals surface area (Å²) < 4.78 is 51.2. The fourth-order valence-corrected chi connectivity index (χ4v) is 0.977. The fourth-order valence-electron chi connectivity index (χ4n) is 0.977. The molecule has 0 saturated carbocycles. The molecule has 0 nitrogen and oxygen atoms in total. The summed E-state index contributed by atoms with van der Waals surface area (Å²) in [6.45, 7) is 1.21. The Labute approximate surface area is 73.2 Å². The summed E-state index contributed by atoms with van der Waals surface area (Å²) >= 11 is 0. The third-order valence-electron chi connectivity index (χ3n) is 1.79. The zero-order chi connectivity index (χ0) is 10.1. The SMILES string of the molecule is CCC(F)(F)c1cccc(F)c1F. The molecule has 0 heterocycles. The molecular weight excluding hydrogens is 184 g/mol. The standard InChI is InChI=1S/C9H8F4/c1-2-9(12,13)6-4-3-5-7(10)8(6)11/h3-5H,2H2,1H3. The lowest BCUT2D eigenvalue weighted by molar-refractivity contribution is -0.0123. The number of halogens is 4. The number of alkyl halides is 2. The van der Waals surface area contributed by atoms with Gasteiger partial charge in [-0.25, -0.2) is 17.6 Å². The van der Waals surface area contributed by atoms with E-state index in [4.69, 9.17) is 0 Å². The van der Waals surface area contributed by atoms with Crippen molar-refractivity contribution in [2.75, 3.05) is 0 Å². The lowest BCUT2D eigenvalue weighted by atomic mass is 10.1. The predicted molar refractivity (Wildman–Crippen MR) is 40.5 cm³/mol. The average molecular weight is 192 g/mol. The second kappa shape index (κ2) is 3.36. The topological polar surface area (TPSA) is 0 Å². The average Bonchev–Trinajstić information content (AvgIpc) is 2.09. The summed E-state index contributed by atoms with van der Waals surface area (Å²) in [4.78, 5) is 0. The first-order valence-corrected chi connectivity index (χ1v) is 3.81. The lowest BCUT2D eigenvalue weighted by Gasteiger charge is -2.14. The Kier molecular flexibility index (Phi) is 2.59. The Balaban J connectivity index is 3.22. The van der Waals surface area contributed by atoms with Gasteiger partial charge in [-0.3, -0.25) is 0 Å². The Morgan fingerprint density at radius 2 is 1.85 bits per heavy atom. The molecule has 0 atom stereocenters. The highest BCUT2D eigenvalue weighted by atomic mass is 19.3. The fraction of sp³-hybridized carbons (Fsp3) is 0.333. The van der Waals surface area contributed by atoms with Crippen molar-refractivity contribution in [2.45, 2.75) is 19.3 Å². The normalized spacial score (nSPS) is 11.8. The predicted octanol–water partition coefficient (Wildman–Crippen LogP) is 3.47. The maximum Gasteiger partial charge on any atom is 0.275 e. The van der Waals surface area contributed by atoms with Crippen LogP contribution in [-0.2, 0) is 5.92 Å². The first-order chi connectivity index (χ1) is 5.99. The van der Waals surface area contributed by atoms with Crippen LogP contribution in [-0.4, -0.2) is 0 Å². The highest BCUT2D eigenvalue weighted by Crippen LogP contribution is 2.33. The molecule has 0 aromatic heterocycles. The van der Waals surface area contributed by atoms with E-state index in [0.29, 0.717) is 0 Å². The minimum atomic E-state index is -3.30. The van der Waals surface area contributed by atoms with Gasteiger partial charge in [0.15, 0.2) is 11.6 Å². The summed E-state index contributed by atoms with van der Waals surface area (Å²) in [5, 5.41) is 0. The van der Waals surface area contributed by atoms with E-state index < -0.39 is 29.5 Å². The first kappa shape index (κ1) is 10.0. The molecule has 0 spiro atoms. The molecule has 0 fully saturated rings. The summed E-state index contributed by atoms with van der Waals surface area (Å²) in [6, 6.07) is 2.77. The number of hydrogen-bond acceptors (Lipinski definition) is 0. The van der Waals surface area contributed by atoms with E-state index in [1.165, 1.54) is 6.92 Å². The lowest BCUT2D eigenvalue weighted by Crippen LogP contribution is -2.14.